The van der Waals surface area contributed by atoms with E-state index in [0.29, 0.717) is 4.47 Å². The van der Waals surface area contributed by atoms with E-state index in [2.05, 4.69) is 20.9 Å². The summed E-state index contributed by atoms with van der Waals surface area (Å²) in [6.45, 7) is -0.0583. The molecular formula is C15H16BrF3N2O3. The van der Waals surface area contributed by atoms with Gasteiger partial charge in [-0.3, -0.25) is 0 Å². The maximum absolute atomic E-state index is 13.8. The fourth-order valence-electron chi connectivity index (χ4n) is 2.29. The van der Waals surface area contributed by atoms with Gasteiger partial charge >= 0.3 is 6.18 Å². The predicted molar refractivity (Wildman–Crippen MR) is 83.2 cm³/mol. The van der Waals surface area contributed by atoms with E-state index < -0.39 is 23.9 Å². The summed E-state index contributed by atoms with van der Waals surface area (Å²) in [5, 5.41) is 10.6. The number of imidazole rings is 1. The number of aliphatic hydroxyl groups is 1. The molecule has 5 nitrogen and oxygen atoms in total. The number of aromatic nitrogens is 2. The molecule has 1 atom stereocenters. The van der Waals surface area contributed by atoms with Crippen molar-refractivity contribution < 1.29 is 27.8 Å². The second-order valence-corrected chi connectivity index (χ2v) is 5.93. The summed E-state index contributed by atoms with van der Waals surface area (Å²) in [7, 11) is 2.74. The van der Waals surface area contributed by atoms with Crippen LogP contribution in [0.2, 0.25) is 0 Å². The maximum atomic E-state index is 13.8. The number of hydrogen-bond acceptors (Lipinski definition) is 4. The van der Waals surface area contributed by atoms with Gasteiger partial charge in [-0.2, -0.15) is 13.2 Å². The van der Waals surface area contributed by atoms with E-state index in [1.807, 2.05) is 0 Å². The van der Waals surface area contributed by atoms with E-state index in [1.54, 1.807) is 0 Å². The molecule has 0 aliphatic carbocycles. The second-order valence-electron chi connectivity index (χ2n) is 5.02. The van der Waals surface area contributed by atoms with Crippen LogP contribution in [0.5, 0.6) is 0 Å². The molecule has 132 valence electrons. The molecule has 1 aromatic carbocycles. The van der Waals surface area contributed by atoms with E-state index in [0.717, 1.165) is 4.57 Å². The molecule has 0 amide bonds. The lowest BCUT2D eigenvalue weighted by atomic mass is 9.92. The number of halogens is 4. The molecule has 0 saturated carbocycles. The first-order valence-electron chi connectivity index (χ1n) is 6.86. The van der Waals surface area contributed by atoms with E-state index >= 15 is 0 Å². The number of methoxy groups -OCH3 is 2. The Bertz CT molecular complexity index is 671. The first kappa shape index (κ1) is 18.9. The zero-order chi connectivity index (χ0) is 18.0. The molecule has 2 aromatic rings. The standard InChI is InChI=1S/C15H16BrF3N2O3/c1-23-12(24-2)9-21-8-7-20-13(21)14(22,15(17,18)19)10-3-5-11(16)6-4-10/h3-8,12,22H,9H2,1-2H3. The van der Waals surface area contributed by atoms with Crippen molar-refractivity contribution in [2.45, 2.75) is 24.6 Å². The molecule has 0 spiro atoms. The van der Waals surface area contributed by atoms with Gasteiger partial charge in [0, 0.05) is 36.6 Å². The highest BCUT2D eigenvalue weighted by atomic mass is 79.9. The van der Waals surface area contributed by atoms with Gasteiger partial charge in [-0.25, -0.2) is 4.98 Å². The first-order chi connectivity index (χ1) is 11.2. The molecule has 1 unspecified atom stereocenters. The van der Waals surface area contributed by atoms with Crippen LogP contribution in [0.25, 0.3) is 0 Å². The van der Waals surface area contributed by atoms with Crippen molar-refractivity contribution >= 4 is 15.9 Å². The number of rotatable bonds is 6. The van der Waals surface area contributed by atoms with E-state index in [9.17, 15) is 18.3 Å². The van der Waals surface area contributed by atoms with Crippen LogP contribution < -0.4 is 0 Å². The lowest BCUT2D eigenvalue weighted by molar-refractivity contribution is -0.252. The monoisotopic (exact) mass is 408 g/mol. The number of alkyl halides is 3. The Hall–Kier alpha value is -1.42. The van der Waals surface area contributed by atoms with Gasteiger partial charge in [0.2, 0.25) is 5.60 Å². The molecule has 0 aliphatic heterocycles. The molecule has 1 heterocycles. The highest BCUT2D eigenvalue weighted by molar-refractivity contribution is 9.10. The Balaban J connectivity index is 2.55. The van der Waals surface area contributed by atoms with E-state index in [1.165, 1.54) is 50.9 Å². The average molecular weight is 409 g/mol. The molecule has 9 heteroatoms. The molecule has 0 radical (unpaired) electrons. The summed E-state index contributed by atoms with van der Waals surface area (Å²) < 4.78 is 53.0. The zero-order valence-electron chi connectivity index (χ0n) is 12.9. The highest BCUT2D eigenvalue weighted by Crippen LogP contribution is 2.43. The molecule has 0 bridgehead atoms. The molecule has 0 aliphatic rings. The first-order valence-corrected chi connectivity index (χ1v) is 7.65. The van der Waals surface area contributed by atoms with E-state index in [-0.39, 0.29) is 12.1 Å². The molecule has 0 saturated heterocycles. The van der Waals surface area contributed by atoms with Crippen LogP contribution in [0.4, 0.5) is 13.2 Å². The largest absolute Gasteiger partial charge is 0.428 e. The Kier molecular flexibility index (Phi) is 5.69. The quantitative estimate of drug-likeness (QED) is 0.746. The maximum Gasteiger partial charge on any atom is 0.428 e. The van der Waals surface area contributed by atoms with Crippen molar-refractivity contribution in [1.29, 1.82) is 0 Å². The fraction of sp³-hybridized carbons (Fsp3) is 0.400. The summed E-state index contributed by atoms with van der Waals surface area (Å²) in [5.74, 6) is -0.559. The summed E-state index contributed by atoms with van der Waals surface area (Å²) >= 11 is 3.16. The van der Waals surface area contributed by atoms with Crippen LogP contribution >= 0.6 is 15.9 Å². The van der Waals surface area contributed by atoms with Gasteiger partial charge in [0.15, 0.2) is 12.1 Å². The van der Waals surface area contributed by atoms with Crippen molar-refractivity contribution in [3.63, 3.8) is 0 Å². The van der Waals surface area contributed by atoms with Crippen molar-refractivity contribution in [2.24, 2.45) is 0 Å². The molecule has 2 rings (SSSR count). The minimum atomic E-state index is -4.97. The van der Waals surface area contributed by atoms with Crippen molar-refractivity contribution in [1.82, 2.24) is 9.55 Å². The van der Waals surface area contributed by atoms with Gasteiger partial charge in [0.05, 0.1) is 6.54 Å². The summed E-state index contributed by atoms with van der Waals surface area (Å²) in [4.78, 5) is 3.75. The predicted octanol–water partition coefficient (Wildman–Crippen LogP) is 3.06. The van der Waals surface area contributed by atoms with Gasteiger partial charge < -0.3 is 19.1 Å². The summed E-state index contributed by atoms with van der Waals surface area (Å²) in [6, 6.07) is 5.24. The van der Waals surface area contributed by atoms with Gasteiger partial charge in [-0.05, 0) is 12.1 Å². The molecule has 1 N–H and O–H groups in total. The van der Waals surface area contributed by atoms with Crippen LogP contribution in [0.1, 0.15) is 11.4 Å². The minimum absolute atomic E-state index is 0.0583. The fourth-order valence-corrected chi connectivity index (χ4v) is 2.56. The van der Waals surface area contributed by atoms with Gasteiger partial charge in [0.1, 0.15) is 0 Å². The topological polar surface area (TPSA) is 56.5 Å². The number of nitrogens with zero attached hydrogens (tertiary/aromatic N) is 2. The second kappa shape index (κ2) is 7.22. The Labute approximate surface area is 145 Å². The average Bonchev–Trinajstić information content (AvgIpc) is 2.99. The van der Waals surface area contributed by atoms with Crippen LogP contribution in [0.3, 0.4) is 0 Å². The number of hydrogen-bond donors (Lipinski definition) is 1. The van der Waals surface area contributed by atoms with Gasteiger partial charge in [-0.15, -0.1) is 0 Å². The van der Waals surface area contributed by atoms with E-state index in [4.69, 9.17) is 9.47 Å². The Morgan fingerprint density at radius 2 is 1.79 bits per heavy atom. The smallest absolute Gasteiger partial charge is 0.370 e. The van der Waals surface area contributed by atoms with Crippen LogP contribution in [0.15, 0.2) is 41.1 Å². The molecule has 24 heavy (non-hydrogen) atoms. The third-order valence-electron chi connectivity index (χ3n) is 3.58. The van der Waals surface area contributed by atoms with Crippen LogP contribution in [-0.4, -0.2) is 41.3 Å². The van der Waals surface area contributed by atoms with Crippen molar-refractivity contribution in [2.75, 3.05) is 14.2 Å². The Morgan fingerprint density at radius 3 is 2.29 bits per heavy atom. The zero-order valence-corrected chi connectivity index (χ0v) is 14.5. The van der Waals surface area contributed by atoms with Crippen LogP contribution in [-0.2, 0) is 21.6 Å². The van der Waals surface area contributed by atoms with Crippen molar-refractivity contribution in [3.8, 4) is 0 Å². The lowest BCUT2D eigenvalue weighted by Crippen LogP contribution is -2.46. The minimum Gasteiger partial charge on any atom is -0.370 e. The summed E-state index contributed by atoms with van der Waals surface area (Å²) in [6.07, 6.45) is -3.23. The Morgan fingerprint density at radius 1 is 1.21 bits per heavy atom. The molecule has 0 fully saturated rings. The normalized spacial score (nSPS) is 14.8. The lowest BCUT2D eigenvalue weighted by Gasteiger charge is -2.31. The molecule has 1 aromatic heterocycles. The highest BCUT2D eigenvalue weighted by Gasteiger charge is 2.59. The number of ether oxygens (including phenoxy) is 2. The van der Waals surface area contributed by atoms with Gasteiger partial charge in [-0.1, -0.05) is 28.1 Å². The van der Waals surface area contributed by atoms with Crippen LogP contribution in [0, 0.1) is 0 Å². The summed E-state index contributed by atoms with van der Waals surface area (Å²) in [5.41, 5.74) is -3.60. The third kappa shape index (κ3) is 3.49. The number of benzene rings is 1. The van der Waals surface area contributed by atoms with Crippen molar-refractivity contribution in [3.05, 3.63) is 52.5 Å². The molecular weight excluding hydrogens is 393 g/mol. The van der Waals surface area contributed by atoms with Gasteiger partial charge in [0.25, 0.3) is 0 Å². The third-order valence-corrected chi connectivity index (χ3v) is 4.11. The SMILES string of the molecule is COC(Cn1ccnc1C(O)(c1ccc(Br)cc1)C(F)(F)F)OC.